The molecule has 0 saturated heterocycles. The van der Waals surface area contributed by atoms with E-state index in [-0.39, 0.29) is 5.91 Å². The lowest BCUT2D eigenvalue weighted by molar-refractivity contribution is 0.102. The summed E-state index contributed by atoms with van der Waals surface area (Å²) in [5, 5.41) is 2.88. The lowest BCUT2D eigenvalue weighted by Crippen LogP contribution is -2.12. The average Bonchev–Trinajstić information content (AvgIpc) is 2.35. The van der Waals surface area contributed by atoms with E-state index < -0.39 is 0 Å². The van der Waals surface area contributed by atoms with Crippen LogP contribution >= 0.6 is 15.9 Å². The number of aryl methyl sites for hydroxylation is 2. The van der Waals surface area contributed by atoms with Gasteiger partial charge in [-0.2, -0.15) is 0 Å². The number of anilines is 1. The van der Waals surface area contributed by atoms with Crippen LogP contribution in [0.5, 0.6) is 0 Å². The Balaban J connectivity index is 2.24. The standard InChI is InChI=1S/C14H13BrN2O/c1-9-4-3-5-12(13(9)15)17-14(18)11-6-7-16-10(2)8-11/h3-8H,1-2H3,(H,17,18). The van der Waals surface area contributed by atoms with Crippen molar-refractivity contribution in [2.75, 3.05) is 5.32 Å². The van der Waals surface area contributed by atoms with E-state index in [1.165, 1.54) is 0 Å². The Hall–Kier alpha value is -1.68. The first-order valence-electron chi connectivity index (χ1n) is 5.57. The van der Waals surface area contributed by atoms with Crippen molar-refractivity contribution >= 4 is 27.5 Å². The number of benzene rings is 1. The lowest BCUT2D eigenvalue weighted by Gasteiger charge is -2.09. The van der Waals surface area contributed by atoms with Gasteiger partial charge in [0, 0.05) is 21.9 Å². The summed E-state index contributed by atoms with van der Waals surface area (Å²) in [5.41, 5.74) is 3.29. The Morgan fingerprint density at radius 3 is 2.78 bits per heavy atom. The maximum Gasteiger partial charge on any atom is 0.255 e. The molecule has 0 aliphatic rings. The molecule has 1 amide bonds. The van der Waals surface area contributed by atoms with Crippen LogP contribution in [0.3, 0.4) is 0 Å². The predicted octanol–water partition coefficient (Wildman–Crippen LogP) is 3.71. The first kappa shape index (κ1) is 12.8. The summed E-state index contributed by atoms with van der Waals surface area (Å²) in [6.45, 7) is 3.84. The Labute approximate surface area is 114 Å². The number of pyridine rings is 1. The molecular formula is C14H13BrN2O. The minimum atomic E-state index is -0.133. The number of amides is 1. The van der Waals surface area contributed by atoms with Crippen LogP contribution in [0.15, 0.2) is 41.0 Å². The van der Waals surface area contributed by atoms with Gasteiger partial charge in [-0.15, -0.1) is 0 Å². The molecular weight excluding hydrogens is 292 g/mol. The molecule has 3 nitrogen and oxygen atoms in total. The zero-order valence-corrected chi connectivity index (χ0v) is 11.8. The molecule has 2 aromatic rings. The molecule has 18 heavy (non-hydrogen) atoms. The van der Waals surface area contributed by atoms with Gasteiger partial charge in [0.25, 0.3) is 5.91 Å². The molecule has 2 rings (SSSR count). The van der Waals surface area contributed by atoms with Crippen LogP contribution in [0, 0.1) is 13.8 Å². The van der Waals surface area contributed by atoms with E-state index in [1.54, 1.807) is 18.3 Å². The lowest BCUT2D eigenvalue weighted by atomic mass is 10.2. The zero-order chi connectivity index (χ0) is 13.1. The van der Waals surface area contributed by atoms with E-state index in [4.69, 9.17) is 0 Å². The smallest absolute Gasteiger partial charge is 0.255 e. The number of carbonyl (C=O) groups excluding carboxylic acids is 1. The van der Waals surface area contributed by atoms with Crippen molar-refractivity contribution < 1.29 is 4.79 Å². The quantitative estimate of drug-likeness (QED) is 0.919. The number of hydrogen-bond donors (Lipinski definition) is 1. The summed E-state index contributed by atoms with van der Waals surface area (Å²) in [7, 11) is 0. The van der Waals surface area contributed by atoms with E-state index >= 15 is 0 Å². The molecule has 0 fully saturated rings. The number of rotatable bonds is 2. The van der Waals surface area contributed by atoms with Crippen LogP contribution in [0.4, 0.5) is 5.69 Å². The number of aromatic nitrogens is 1. The third kappa shape index (κ3) is 2.76. The summed E-state index contributed by atoms with van der Waals surface area (Å²) >= 11 is 3.47. The van der Waals surface area contributed by atoms with Gasteiger partial charge in [0.15, 0.2) is 0 Å². The Kier molecular flexibility index (Phi) is 3.77. The second-order valence-corrected chi connectivity index (χ2v) is 4.87. The molecule has 0 aliphatic heterocycles. The van der Waals surface area contributed by atoms with Crippen LogP contribution < -0.4 is 5.32 Å². The Bertz CT molecular complexity index is 596. The largest absolute Gasteiger partial charge is 0.321 e. The molecule has 0 atom stereocenters. The highest BCUT2D eigenvalue weighted by molar-refractivity contribution is 9.10. The number of hydrogen-bond acceptors (Lipinski definition) is 2. The van der Waals surface area contributed by atoms with Gasteiger partial charge < -0.3 is 5.32 Å². The Morgan fingerprint density at radius 2 is 2.06 bits per heavy atom. The number of halogens is 1. The molecule has 0 saturated carbocycles. The summed E-state index contributed by atoms with van der Waals surface area (Å²) < 4.78 is 0.907. The van der Waals surface area contributed by atoms with Crippen molar-refractivity contribution in [1.29, 1.82) is 0 Å². The number of carbonyl (C=O) groups is 1. The monoisotopic (exact) mass is 304 g/mol. The maximum atomic E-state index is 12.1. The van der Waals surface area contributed by atoms with Crippen molar-refractivity contribution in [1.82, 2.24) is 4.98 Å². The van der Waals surface area contributed by atoms with Crippen molar-refractivity contribution in [3.05, 3.63) is 57.8 Å². The second kappa shape index (κ2) is 5.31. The molecule has 1 heterocycles. The minimum absolute atomic E-state index is 0.133. The third-order valence-electron chi connectivity index (χ3n) is 2.60. The zero-order valence-electron chi connectivity index (χ0n) is 10.2. The van der Waals surface area contributed by atoms with E-state index in [0.29, 0.717) is 5.56 Å². The highest BCUT2D eigenvalue weighted by Crippen LogP contribution is 2.26. The van der Waals surface area contributed by atoms with E-state index in [2.05, 4.69) is 26.2 Å². The number of nitrogens with zero attached hydrogens (tertiary/aromatic N) is 1. The Morgan fingerprint density at radius 1 is 1.28 bits per heavy atom. The predicted molar refractivity (Wildman–Crippen MR) is 75.8 cm³/mol. The van der Waals surface area contributed by atoms with Crippen LogP contribution in [0.25, 0.3) is 0 Å². The molecule has 0 bridgehead atoms. The van der Waals surface area contributed by atoms with Crippen LogP contribution in [0.1, 0.15) is 21.6 Å². The van der Waals surface area contributed by atoms with Gasteiger partial charge in [0.2, 0.25) is 0 Å². The first-order valence-corrected chi connectivity index (χ1v) is 6.36. The SMILES string of the molecule is Cc1cc(C(=O)Nc2cccc(C)c2Br)ccn1. The fourth-order valence-electron chi connectivity index (χ4n) is 1.63. The van der Waals surface area contributed by atoms with Crippen molar-refractivity contribution in [3.8, 4) is 0 Å². The maximum absolute atomic E-state index is 12.1. The first-order chi connectivity index (χ1) is 8.58. The summed E-state index contributed by atoms with van der Waals surface area (Å²) in [5.74, 6) is -0.133. The van der Waals surface area contributed by atoms with Gasteiger partial charge in [-0.05, 0) is 53.5 Å². The average molecular weight is 305 g/mol. The third-order valence-corrected chi connectivity index (χ3v) is 3.65. The molecule has 0 aliphatic carbocycles. The molecule has 0 unspecified atom stereocenters. The van der Waals surface area contributed by atoms with E-state index in [9.17, 15) is 4.79 Å². The summed E-state index contributed by atoms with van der Waals surface area (Å²) in [4.78, 5) is 16.1. The van der Waals surface area contributed by atoms with Crippen molar-refractivity contribution in [3.63, 3.8) is 0 Å². The van der Waals surface area contributed by atoms with Gasteiger partial charge in [0.1, 0.15) is 0 Å². The molecule has 1 N–H and O–H groups in total. The normalized spacial score (nSPS) is 10.2. The summed E-state index contributed by atoms with van der Waals surface area (Å²) in [6, 6.07) is 9.22. The summed E-state index contributed by atoms with van der Waals surface area (Å²) in [6.07, 6.45) is 1.63. The molecule has 1 aromatic carbocycles. The minimum Gasteiger partial charge on any atom is -0.321 e. The van der Waals surface area contributed by atoms with Gasteiger partial charge in [-0.1, -0.05) is 12.1 Å². The van der Waals surface area contributed by atoms with Crippen LogP contribution in [-0.2, 0) is 0 Å². The highest BCUT2D eigenvalue weighted by Gasteiger charge is 2.09. The molecule has 0 spiro atoms. The molecule has 4 heteroatoms. The topological polar surface area (TPSA) is 42.0 Å². The van der Waals surface area contributed by atoms with Crippen LogP contribution in [-0.4, -0.2) is 10.9 Å². The van der Waals surface area contributed by atoms with E-state index in [1.807, 2.05) is 32.0 Å². The molecule has 1 aromatic heterocycles. The van der Waals surface area contributed by atoms with Gasteiger partial charge in [0.05, 0.1) is 5.69 Å². The van der Waals surface area contributed by atoms with Gasteiger partial charge >= 0.3 is 0 Å². The van der Waals surface area contributed by atoms with Crippen LogP contribution in [0.2, 0.25) is 0 Å². The highest BCUT2D eigenvalue weighted by atomic mass is 79.9. The van der Waals surface area contributed by atoms with E-state index in [0.717, 1.165) is 21.4 Å². The fourth-order valence-corrected chi connectivity index (χ4v) is 1.99. The van der Waals surface area contributed by atoms with Gasteiger partial charge in [-0.3, -0.25) is 9.78 Å². The molecule has 0 radical (unpaired) electrons. The fraction of sp³-hybridized carbons (Fsp3) is 0.143. The van der Waals surface area contributed by atoms with Gasteiger partial charge in [-0.25, -0.2) is 0 Å². The second-order valence-electron chi connectivity index (χ2n) is 4.08. The van der Waals surface area contributed by atoms with Crippen molar-refractivity contribution in [2.24, 2.45) is 0 Å². The number of nitrogens with one attached hydrogen (secondary N) is 1. The molecule has 92 valence electrons. The van der Waals surface area contributed by atoms with Crippen molar-refractivity contribution in [2.45, 2.75) is 13.8 Å².